The maximum atomic E-state index is 13.0. The number of hydrogen-bond donors (Lipinski definition) is 3. The molecule has 1 aromatic heterocycles. The van der Waals surface area contributed by atoms with Gasteiger partial charge in [0, 0.05) is 23.1 Å². The molecule has 0 aliphatic rings. The van der Waals surface area contributed by atoms with E-state index in [1.807, 2.05) is 0 Å². The highest BCUT2D eigenvalue weighted by Gasteiger charge is 2.33. The molecule has 0 saturated heterocycles. The number of anilines is 3. The van der Waals surface area contributed by atoms with Crippen LogP contribution in [0.4, 0.5) is 35.0 Å². The quantitative estimate of drug-likeness (QED) is 0.243. The van der Waals surface area contributed by atoms with Gasteiger partial charge in [0.2, 0.25) is 0 Å². The van der Waals surface area contributed by atoms with Crippen molar-refractivity contribution in [2.24, 2.45) is 0 Å². The average molecular weight is 527 g/mol. The Morgan fingerprint density at radius 2 is 1.51 bits per heavy atom. The number of carbonyl (C=O) groups is 2. The van der Waals surface area contributed by atoms with E-state index in [2.05, 4.69) is 20.9 Å². The summed E-state index contributed by atoms with van der Waals surface area (Å²) in [7, 11) is 0. The van der Waals surface area contributed by atoms with Crippen molar-refractivity contribution in [3.05, 3.63) is 107 Å². The topological polar surface area (TPSA) is 92.3 Å². The van der Waals surface area contributed by atoms with Crippen LogP contribution in [0.1, 0.15) is 15.9 Å². The zero-order valence-corrected chi connectivity index (χ0v) is 19.6. The molecule has 4 aromatic rings. The number of ether oxygens (including phenoxy) is 1. The second kappa shape index (κ2) is 11.0. The van der Waals surface area contributed by atoms with Gasteiger partial charge in [0.15, 0.2) is 0 Å². The molecule has 0 aliphatic carbocycles. The lowest BCUT2D eigenvalue weighted by molar-refractivity contribution is -0.137. The van der Waals surface area contributed by atoms with E-state index in [4.69, 9.17) is 16.3 Å². The van der Waals surface area contributed by atoms with E-state index in [1.165, 1.54) is 12.3 Å². The number of alkyl halides is 3. The van der Waals surface area contributed by atoms with Gasteiger partial charge in [-0.1, -0.05) is 17.7 Å². The van der Waals surface area contributed by atoms with Crippen molar-refractivity contribution >= 4 is 40.6 Å². The van der Waals surface area contributed by atoms with Crippen molar-refractivity contribution in [2.45, 2.75) is 6.18 Å². The Hall–Kier alpha value is -4.57. The molecule has 3 N–H and O–H groups in total. The van der Waals surface area contributed by atoms with Gasteiger partial charge in [-0.15, -0.1) is 0 Å². The first-order chi connectivity index (χ1) is 17.7. The molecule has 3 amide bonds. The van der Waals surface area contributed by atoms with Crippen molar-refractivity contribution in [1.29, 1.82) is 0 Å². The van der Waals surface area contributed by atoms with Crippen LogP contribution < -0.4 is 20.7 Å². The molecule has 7 nitrogen and oxygen atoms in total. The summed E-state index contributed by atoms with van der Waals surface area (Å²) < 4.78 is 44.8. The zero-order chi connectivity index (χ0) is 26.4. The van der Waals surface area contributed by atoms with Crippen LogP contribution in [0.15, 0.2) is 91.3 Å². The lowest BCUT2D eigenvalue weighted by Gasteiger charge is -2.13. The lowest BCUT2D eigenvalue weighted by atomic mass is 10.2. The van der Waals surface area contributed by atoms with E-state index < -0.39 is 22.8 Å². The normalized spacial score (nSPS) is 10.9. The average Bonchev–Trinajstić information content (AvgIpc) is 2.86. The first-order valence-electron chi connectivity index (χ1n) is 10.7. The Morgan fingerprint density at radius 1 is 0.784 bits per heavy atom. The van der Waals surface area contributed by atoms with Gasteiger partial charge < -0.3 is 20.7 Å². The maximum absolute atomic E-state index is 13.0. The van der Waals surface area contributed by atoms with Crippen LogP contribution in [0.25, 0.3) is 0 Å². The minimum atomic E-state index is -4.65. The molecule has 11 heteroatoms. The van der Waals surface area contributed by atoms with Crippen LogP contribution in [0.2, 0.25) is 5.02 Å². The molecule has 0 spiro atoms. The minimum Gasteiger partial charge on any atom is -0.457 e. The highest BCUT2D eigenvalue weighted by atomic mass is 35.5. The molecule has 0 atom stereocenters. The third-order valence-electron chi connectivity index (χ3n) is 4.89. The predicted molar refractivity (Wildman–Crippen MR) is 134 cm³/mol. The molecule has 188 valence electrons. The standard InChI is InChI=1S/C26H18ClF3N4O3/c27-23-11-8-18(14-22(23)26(28,29)30)34-25(36)33-17-6-9-20(10-7-17)37-21-5-1-3-16(13-21)24(35)32-19-4-2-12-31-15-19/h1-15H,(H,32,35)(H2,33,34,36). The van der Waals surface area contributed by atoms with Gasteiger partial charge in [0.05, 0.1) is 22.5 Å². The number of benzene rings is 3. The van der Waals surface area contributed by atoms with E-state index in [0.717, 1.165) is 12.1 Å². The summed E-state index contributed by atoms with van der Waals surface area (Å²) in [6, 6.07) is 18.6. The molecule has 1 heterocycles. The third-order valence-corrected chi connectivity index (χ3v) is 5.22. The number of aromatic nitrogens is 1. The summed E-state index contributed by atoms with van der Waals surface area (Å²) in [5, 5.41) is 7.14. The predicted octanol–water partition coefficient (Wildman–Crippen LogP) is 7.44. The summed E-state index contributed by atoms with van der Waals surface area (Å²) in [6.07, 6.45) is -1.52. The van der Waals surface area contributed by atoms with Crippen molar-refractivity contribution in [2.75, 3.05) is 16.0 Å². The summed E-state index contributed by atoms with van der Waals surface area (Å²) in [6.45, 7) is 0. The highest BCUT2D eigenvalue weighted by molar-refractivity contribution is 6.31. The Bertz CT molecular complexity index is 1420. The van der Waals surface area contributed by atoms with Crippen LogP contribution in [0.3, 0.4) is 0 Å². The number of rotatable bonds is 6. The number of hydrogen-bond acceptors (Lipinski definition) is 4. The number of pyridine rings is 1. The van der Waals surface area contributed by atoms with Crippen molar-refractivity contribution in [1.82, 2.24) is 4.98 Å². The fraction of sp³-hybridized carbons (Fsp3) is 0.0385. The molecule has 0 fully saturated rings. The van der Waals surface area contributed by atoms with E-state index in [0.29, 0.717) is 28.4 Å². The monoisotopic (exact) mass is 526 g/mol. The number of amides is 3. The largest absolute Gasteiger partial charge is 0.457 e. The van der Waals surface area contributed by atoms with Crippen LogP contribution in [0, 0.1) is 0 Å². The molecule has 0 unspecified atom stereocenters. The molecular formula is C26H18ClF3N4O3. The SMILES string of the molecule is O=C(Nc1ccc(Oc2cccc(C(=O)Nc3cccnc3)c2)cc1)Nc1ccc(Cl)c(C(F)(F)F)c1. The number of nitrogens with zero attached hydrogens (tertiary/aromatic N) is 1. The molecule has 0 saturated carbocycles. The van der Waals surface area contributed by atoms with E-state index in [1.54, 1.807) is 66.9 Å². The van der Waals surface area contributed by atoms with Crippen LogP contribution in [-0.4, -0.2) is 16.9 Å². The molecule has 0 aliphatic heterocycles. The molecule has 3 aromatic carbocycles. The Labute approximate surface area is 214 Å². The van der Waals surface area contributed by atoms with Gasteiger partial charge in [-0.2, -0.15) is 13.2 Å². The first kappa shape index (κ1) is 25.5. The molecule has 4 rings (SSSR count). The van der Waals surface area contributed by atoms with Gasteiger partial charge in [-0.3, -0.25) is 9.78 Å². The summed E-state index contributed by atoms with van der Waals surface area (Å²) in [5.74, 6) is 0.524. The Morgan fingerprint density at radius 3 is 2.22 bits per heavy atom. The smallest absolute Gasteiger partial charge is 0.417 e. The minimum absolute atomic E-state index is 0.0679. The number of urea groups is 1. The van der Waals surface area contributed by atoms with Gasteiger partial charge in [0.25, 0.3) is 5.91 Å². The van der Waals surface area contributed by atoms with Gasteiger partial charge >= 0.3 is 12.2 Å². The molecule has 0 bridgehead atoms. The van der Waals surface area contributed by atoms with Crippen molar-refractivity contribution < 1.29 is 27.5 Å². The van der Waals surface area contributed by atoms with Crippen LogP contribution >= 0.6 is 11.6 Å². The Balaban J connectivity index is 1.35. The lowest BCUT2D eigenvalue weighted by Crippen LogP contribution is -2.19. The first-order valence-corrected chi connectivity index (χ1v) is 11.1. The fourth-order valence-electron chi connectivity index (χ4n) is 3.20. The maximum Gasteiger partial charge on any atom is 0.417 e. The second-order valence-corrected chi connectivity index (χ2v) is 8.03. The zero-order valence-electron chi connectivity index (χ0n) is 18.8. The van der Waals surface area contributed by atoms with Gasteiger partial charge in [-0.25, -0.2) is 4.79 Å². The molecule has 37 heavy (non-hydrogen) atoms. The van der Waals surface area contributed by atoms with E-state index in [9.17, 15) is 22.8 Å². The van der Waals surface area contributed by atoms with Crippen molar-refractivity contribution in [3.63, 3.8) is 0 Å². The number of halogens is 4. The van der Waals surface area contributed by atoms with Crippen LogP contribution in [0.5, 0.6) is 11.5 Å². The van der Waals surface area contributed by atoms with Crippen LogP contribution in [-0.2, 0) is 6.18 Å². The van der Waals surface area contributed by atoms with Crippen molar-refractivity contribution in [3.8, 4) is 11.5 Å². The summed E-state index contributed by atoms with van der Waals surface area (Å²) in [5.41, 5.74) is 0.197. The number of carbonyl (C=O) groups excluding carboxylic acids is 2. The summed E-state index contributed by atoms with van der Waals surface area (Å²) in [4.78, 5) is 28.7. The molecular weight excluding hydrogens is 509 g/mol. The summed E-state index contributed by atoms with van der Waals surface area (Å²) >= 11 is 5.59. The highest BCUT2D eigenvalue weighted by Crippen LogP contribution is 2.36. The fourth-order valence-corrected chi connectivity index (χ4v) is 3.42. The Kier molecular flexibility index (Phi) is 7.59. The number of nitrogens with one attached hydrogen (secondary N) is 3. The van der Waals surface area contributed by atoms with Gasteiger partial charge in [-0.05, 0) is 72.8 Å². The van der Waals surface area contributed by atoms with E-state index in [-0.39, 0.29) is 11.6 Å². The molecule has 0 radical (unpaired) electrons. The van der Waals surface area contributed by atoms with Gasteiger partial charge in [0.1, 0.15) is 11.5 Å². The third kappa shape index (κ3) is 6.98. The van der Waals surface area contributed by atoms with E-state index >= 15 is 0 Å². The second-order valence-electron chi connectivity index (χ2n) is 7.62.